The number of benzene rings is 1. The molecule has 0 spiro atoms. The summed E-state index contributed by atoms with van der Waals surface area (Å²) in [6, 6.07) is 10.1. The van der Waals surface area contributed by atoms with Gasteiger partial charge in [0.05, 0.1) is 17.2 Å². The normalized spacial score (nSPS) is 10.6. The van der Waals surface area contributed by atoms with Crippen molar-refractivity contribution >= 4 is 28.4 Å². The molecular formula is C12H10N4S. The van der Waals surface area contributed by atoms with E-state index in [1.165, 1.54) is 11.7 Å². The highest BCUT2D eigenvalue weighted by molar-refractivity contribution is 6.99. The van der Waals surface area contributed by atoms with E-state index in [4.69, 9.17) is 0 Å². The van der Waals surface area contributed by atoms with Gasteiger partial charge in [0.25, 0.3) is 0 Å². The lowest BCUT2D eigenvalue weighted by atomic mass is 10.1. The van der Waals surface area contributed by atoms with Crippen molar-refractivity contribution in [3.05, 3.63) is 36.5 Å². The van der Waals surface area contributed by atoms with E-state index in [2.05, 4.69) is 19.0 Å². The van der Waals surface area contributed by atoms with E-state index in [-0.39, 0.29) is 0 Å². The fraction of sp³-hybridized carbons (Fsp3) is 0.0833. The van der Waals surface area contributed by atoms with Gasteiger partial charge in [-0.15, -0.1) is 0 Å². The predicted octanol–water partition coefficient (Wildman–Crippen LogP) is 2.80. The van der Waals surface area contributed by atoms with Crippen LogP contribution in [0.5, 0.6) is 0 Å². The second-order valence-electron chi connectivity index (χ2n) is 3.59. The zero-order valence-corrected chi connectivity index (χ0v) is 10.0. The molecule has 1 N–H and O–H groups in total. The van der Waals surface area contributed by atoms with Crippen LogP contribution in [0.15, 0.2) is 36.5 Å². The smallest absolute Gasteiger partial charge is 0.167 e. The Bertz CT molecular complexity index is 657. The summed E-state index contributed by atoms with van der Waals surface area (Å²) in [4.78, 5) is 4.42. The van der Waals surface area contributed by atoms with Crippen LogP contribution in [0, 0.1) is 0 Å². The third kappa shape index (κ3) is 1.64. The van der Waals surface area contributed by atoms with Crippen LogP contribution in [0.3, 0.4) is 0 Å². The van der Waals surface area contributed by atoms with Crippen molar-refractivity contribution in [3.8, 4) is 11.3 Å². The zero-order valence-electron chi connectivity index (χ0n) is 9.21. The molecule has 0 saturated heterocycles. The van der Waals surface area contributed by atoms with Crippen molar-refractivity contribution in [1.29, 1.82) is 0 Å². The van der Waals surface area contributed by atoms with Crippen LogP contribution in [-0.4, -0.2) is 20.8 Å². The van der Waals surface area contributed by atoms with Gasteiger partial charge in [-0.2, -0.15) is 8.75 Å². The molecule has 0 aliphatic carbocycles. The molecule has 0 saturated carbocycles. The minimum absolute atomic E-state index is 0.799. The van der Waals surface area contributed by atoms with E-state index in [1.54, 1.807) is 6.20 Å². The first-order valence-electron chi connectivity index (χ1n) is 5.24. The molecule has 0 unspecified atom stereocenters. The molecule has 17 heavy (non-hydrogen) atoms. The number of aromatic nitrogens is 3. The minimum Gasteiger partial charge on any atom is -0.370 e. The van der Waals surface area contributed by atoms with Gasteiger partial charge in [-0.1, -0.05) is 24.3 Å². The molecule has 0 aliphatic rings. The van der Waals surface area contributed by atoms with Crippen LogP contribution in [0.1, 0.15) is 0 Å². The first kappa shape index (κ1) is 10.2. The van der Waals surface area contributed by atoms with Crippen LogP contribution in [-0.2, 0) is 0 Å². The fourth-order valence-corrected chi connectivity index (χ4v) is 2.39. The third-order valence-electron chi connectivity index (χ3n) is 2.61. The monoisotopic (exact) mass is 242 g/mol. The van der Waals surface area contributed by atoms with Crippen molar-refractivity contribution in [3.63, 3.8) is 0 Å². The molecule has 84 valence electrons. The number of hydrogen-bond acceptors (Lipinski definition) is 5. The van der Waals surface area contributed by atoms with Gasteiger partial charge in [0.1, 0.15) is 5.69 Å². The van der Waals surface area contributed by atoms with Gasteiger partial charge in [0, 0.05) is 24.2 Å². The molecule has 0 aliphatic heterocycles. The highest BCUT2D eigenvalue weighted by Crippen LogP contribution is 2.30. The lowest BCUT2D eigenvalue weighted by Gasteiger charge is -2.04. The molecule has 5 heteroatoms. The number of fused-ring (bicyclic) bond motifs is 1. The van der Waals surface area contributed by atoms with Crippen molar-refractivity contribution in [2.75, 3.05) is 12.4 Å². The van der Waals surface area contributed by atoms with E-state index in [9.17, 15) is 0 Å². The van der Waals surface area contributed by atoms with Gasteiger partial charge in [-0.25, -0.2) is 0 Å². The first-order chi connectivity index (χ1) is 8.40. The number of hydrogen-bond donors (Lipinski definition) is 1. The molecule has 3 aromatic rings. The Morgan fingerprint density at radius 1 is 1.12 bits per heavy atom. The summed E-state index contributed by atoms with van der Waals surface area (Å²) >= 11 is 1.20. The lowest BCUT2D eigenvalue weighted by molar-refractivity contribution is 1.38. The maximum absolute atomic E-state index is 4.42. The standard InChI is InChI=1S/C12H10N4S/c1-13-12-11(15-17-16-12)9-6-2-4-8-5-3-7-14-10(8)9/h2-7H,1H3,(H,13,16). The quantitative estimate of drug-likeness (QED) is 0.750. The van der Waals surface area contributed by atoms with Crippen molar-refractivity contribution in [1.82, 2.24) is 13.7 Å². The van der Waals surface area contributed by atoms with E-state index >= 15 is 0 Å². The second kappa shape index (κ2) is 4.10. The van der Waals surface area contributed by atoms with Gasteiger partial charge >= 0.3 is 0 Å². The Morgan fingerprint density at radius 3 is 2.88 bits per heavy atom. The van der Waals surface area contributed by atoms with Gasteiger partial charge in [-0.3, -0.25) is 4.98 Å². The highest BCUT2D eigenvalue weighted by Gasteiger charge is 2.12. The summed E-state index contributed by atoms with van der Waals surface area (Å²) in [6.45, 7) is 0. The highest BCUT2D eigenvalue weighted by atomic mass is 32.1. The second-order valence-corrected chi connectivity index (χ2v) is 4.12. The number of rotatable bonds is 2. The van der Waals surface area contributed by atoms with E-state index in [0.29, 0.717) is 0 Å². The SMILES string of the molecule is CNc1nsnc1-c1cccc2cccnc12. The summed E-state index contributed by atoms with van der Waals surface area (Å²) in [6.07, 6.45) is 1.80. The Kier molecular flexibility index (Phi) is 2.45. The Balaban J connectivity index is 2.31. The zero-order chi connectivity index (χ0) is 11.7. The number of anilines is 1. The Hall–Kier alpha value is -2.01. The van der Waals surface area contributed by atoms with Crippen molar-refractivity contribution in [2.45, 2.75) is 0 Å². The molecule has 2 heterocycles. The molecule has 0 atom stereocenters. The van der Waals surface area contributed by atoms with Gasteiger partial charge in [0.2, 0.25) is 0 Å². The number of nitrogens with zero attached hydrogens (tertiary/aromatic N) is 3. The van der Waals surface area contributed by atoms with Crippen LogP contribution < -0.4 is 5.32 Å². The molecule has 1 aromatic carbocycles. The Morgan fingerprint density at radius 2 is 2.00 bits per heavy atom. The van der Waals surface area contributed by atoms with E-state index in [1.807, 2.05) is 37.4 Å². The summed E-state index contributed by atoms with van der Waals surface area (Å²) in [7, 11) is 1.85. The third-order valence-corrected chi connectivity index (χ3v) is 3.14. The van der Waals surface area contributed by atoms with E-state index in [0.717, 1.165) is 28.0 Å². The number of para-hydroxylation sites is 1. The van der Waals surface area contributed by atoms with Crippen LogP contribution in [0.4, 0.5) is 5.82 Å². The van der Waals surface area contributed by atoms with Gasteiger partial charge in [-0.05, 0) is 6.07 Å². The van der Waals surface area contributed by atoms with E-state index < -0.39 is 0 Å². The topological polar surface area (TPSA) is 50.7 Å². The molecule has 3 rings (SSSR count). The molecule has 0 fully saturated rings. The van der Waals surface area contributed by atoms with Crippen molar-refractivity contribution in [2.24, 2.45) is 0 Å². The number of nitrogens with one attached hydrogen (secondary N) is 1. The van der Waals surface area contributed by atoms with Gasteiger partial charge in [0.15, 0.2) is 5.82 Å². The van der Waals surface area contributed by atoms with Crippen LogP contribution in [0.2, 0.25) is 0 Å². The average molecular weight is 242 g/mol. The molecule has 4 nitrogen and oxygen atoms in total. The largest absolute Gasteiger partial charge is 0.370 e. The summed E-state index contributed by atoms with van der Waals surface area (Å²) in [5, 5.41) is 4.16. The maximum Gasteiger partial charge on any atom is 0.167 e. The summed E-state index contributed by atoms with van der Waals surface area (Å²) in [5.74, 6) is 0.799. The molecular weight excluding hydrogens is 232 g/mol. The Labute approximate surface area is 103 Å². The first-order valence-corrected chi connectivity index (χ1v) is 5.97. The molecule has 2 aromatic heterocycles. The molecule has 0 radical (unpaired) electrons. The summed E-state index contributed by atoms with van der Waals surface area (Å²) in [5.41, 5.74) is 2.84. The van der Waals surface area contributed by atoms with Gasteiger partial charge < -0.3 is 5.32 Å². The molecule has 0 amide bonds. The summed E-state index contributed by atoms with van der Waals surface area (Å²) < 4.78 is 8.54. The van der Waals surface area contributed by atoms with Crippen molar-refractivity contribution < 1.29 is 0 Å². The van der Waals surface area contributed by atoms with Crippen LogP contribution in [0.25, 0.3) is 22.2 Å². The molecule has 0 bridgehead atoms. The lowest BCUT2D eigenvalue weighted by Crippen LogP contribution is -1.92. The fourth-order valence-electron chi connectivity index (χ4n) is 1.82. The minimum atomic E-state index is 0.799. The van der Waals surface area contributed by atoms with Crippen LogP contribution >= 0.6 is 11.7 Å². The number of pyridine rings is 1. The maximum atomic E-state index is 4.42. The predicted molar refractivity (Wildman–Crippen MR) is 70.2 cm³/mol. The average Bonchev–Trinajstić information content (AvgIpc) is 2.86.